The molecule has 14 heavy (non-hydrogen) atoms. The van der Waals surface area contributed by atoms with Crippen molar-refractivity contribution in [2.24, 2.45) is 0 Å². The molecule has 0 aliphatic rings. The van der Waals surface area contributed by atoms with Gasteiger partial charge in [-0.3, -0.25) is 0 Å². The number of hydrogen-bond acceptors (Lipinski definition) is 0. The molecule has 0 radical (unpaired) electrons. The largest absolute Gasteiger partial charge is 0.239 e. The van der Waals surface area contributed by atoms with Gasteiger partial charge in [-0.1, -0.05) is 45.1 Å². The summed E-state index contributed by atoms with van der Waals surface area (Å²) in [5, 5.41) is 0. The van der Waals surface area contributed by atoms with E-state index in [0.717, 1.165) is 6.42 Å². The second kappa shape index (κ2) is 10.1. The molecule has 0 fully saturated rings. The topological polar surface area (TPSA) is 0 Å². The summed E-state index contributed by atoms with van der Waals surface area (Å²) in [6.45, 7) is 5.89. The third-order valence-corrected chi connectivity index (χ3v) is 6.27. The zero-order valence-corrected chi connectivity index (χ0v) is 11.8. The van der Waals surface area contributed by atoms with Gasteiger partial charge in [0.1, 0.15) is 0 Å². The first-order valence-corrected chi connectivity index (χ1v) is 9.73. The van der Waals surface area contributed by atoms with Gasteiger partial charge in [-0.05, 0) is 18.4 Å². The Hall–Kier alpha value is 0.537. The summed E-state index contributed by atoms with van der Waals surface area (Å²) < 4.78 is 0. The maximum Gasteiger partial charge on any atom is 0.239 e. The summed E-state index contributed by atoms with van der Waals surface area (Å²) in [7, 11) is -1.40. The smallest absolute Gasteiger partial charge is 0.150 e. The molecule has 3 heteroatoms. The van der Waals surface area contributed by atoms with Gasteiger partial charge in [0.15, 0.2) is 0 Å². The van der Waals surface area contributed by atoms with Gasteiger partial charge >= 0.3 is 0 Å². The predicted molar refractivity (Wildman–Crippen MR) is 70.8 cm³/mol. The Kier molecular flexibility index (Phi) is 10.5. The van der Waals surface area contributed by atoms with Crippen molar-refractivity contribution in [3.63, 3.8) is 0 Å². The van der Waals surface area contributed by atoms with E-state index in [0.29, 0.717) is 5.54 Å². The minimum Gasteiger partial charge on any atom is -0.150 e. The summed E-state index contributed by atoms with van der Waals surface area (Å²) in [5.74, 6) is 0. The molecule has 0 nitrogen and oxygen atoms in total. The second-order valence-corrected chi connectivity index (χ2v) is 9.24. The van der Waals surface area contributed by atoms with Gasteiger partial charge in [0.2, 0.25) is 7.42 Å². The molecule has 0 rings (SSSR count). The highest BCUT2D eigenvalue weighted by Gasteiger charge is 2.12. The molecule has 0 saturated carbocycles. The first-order chi connectivity index (χ1) is 6.68. The highest BCUT2D eigenvalue weighted by atomic mass is 35.7. The van der Waals surface area contributed by atoms with Crippen molar-refractivity contribution in [1.29, 1.82) is 0 Å². The van der Waals surface area contributed by atoms with Crippen molar-refractivity contribution in [3.05, 3.63) is 12.7 Å². The van der Waals surface area contributed by atoms with Crippen molar-refractivity contribution in [3.8, 4) is 0 Å². The van der Waals surface area contributed by atoms with E-state index in [9.17, 15) is 0 Å². The molecular weight excluding hydrogens is 231 g/mol. The molecule has 1 atom stereocenters. The van der Waals surface area contributed by atoms with E-state index in [1.54, 1.807) is 0 Å². The average Bonchev–Trinajstić information content (AvgIpc) is 2.16. The summed E-state index contributed by atoms with van der Waals surface area (Å²) in [6.07, 6.45) is 11.0. The van der Waals surface area contributed by atoms with Gasteiger partial charge < -0.3 is 0 Å². The van der Waals surface area contributed by atoms with Crippen LogP contribution in [0.2, 0.25) is 5.54 Å². The Morgan fingerprint density at radius 3 is 2.29 bits per heavy atom. The SMILES string of the molecule is C=CCCCCCCCC(C)[SiH](Cl)Cl. The van der Waals surface area contributed by atoms with Crippen LogP contribution in [0.5, 0.6) is 0 Å². The van der Waals surface area contributed by atoms with Crippen LogP contribution in [0, 0.1) is 0 Å². The molecule has 84 valence electrons. The lowest BCUT2D eigenvalue weighted by Crippen LogP contribution is -2.02. The number of rotatable bonds is 9. The van der Waals surface area contributed by atoms with E-state index in [1.807, 2.05) is 6.08 Å². The quantitative estimate of drug-likeness (QED) is 0.235. The van der Waals surface area contributed by atoms with Gasteiger partial charge in [0.05, 0.1) is 0 Å². The van der Waals surface area contributed by atoms with E-state index in [4.69, 9.17) is 22.2 Å². The predicted octanol–water partition coefficient (Wildman–Crippen LogP) is 4.99. The Morgan fingerprint density at radius 1 is 1.14 bits per heavy atom. The van der Waals surface area contributed by atoms with Crippen LogP contribution in [0.15, 0.2) is 12.7 Å². The first kappa shape index (κ1) is 14.5. The molecule has 0 spiro atoms. The van der Waals surface area contributed by atoms with Gasteiger partial charge in [-0.2, -0.15) is 22.2 Å². The summed E-state index contributed by atoms with van der Waals surface area (Å²) in [6, 6.07) is 0. The Balaban J connectivity index is 3.09. The van der Waals surface area contributed by atoms with Gasteiger partial charge in [-0.15, -0.1) is 6.58 Å². The molecule has 0 saturated heterocycles. The molecule has 0 N–H and O–H groups in total. The molecule has 0 bridgehead atoms. The molecule has 0 aliphatic heterocycles. The van der Waals surface area contributed by atoms with Crippen LogP contribution in [0.25, 0.3) is 0 Å². The van der Waals surface area contributed by atoms with Crippen molar-refractivity contribution in [2.45, 2.75) is 57.4 Å². The summed E-state index contributed by atoms with van der Waals surface area (Å²) in [5.41, 5.74) is 0.575. The number of halogens is 2. The standard InChI is InChI=1S/C11H22Cl2Si/c1-3-4-5-6-7-8-9-10-11(2)14(12)13/h3,11,14H,1,4-10H2,2H3. The van der Waals surface area contributed by atoms with Crippen molar-refractivity contribution < 1.29 is 0 Å². The van der Waals surface area contributed by atoms with Gasteiger partial charge in [0, 0.05) is 0 Å². The van der Waals surface area contributed by atoms with E-state index in [2.05, 4.69) is 13.5 Å². The van der Waals surface area contributed by atoms with Crippen LogP contribution in [-0.2, 0) is 0 Å². The normalized spacial score (nSPS) is 13.1. The van der Waals surface area contributed by atoms with Crippen molar-refractivity contribution in [2.75, 3.05) is 0 Å². The highest BCUT2D eigenvalue weighted by Crippen LogP contribution is 2.23. The van der Waals surface area contributed by atoms with Gasteiger partial charge in [0.25, 0.3) is 0 Å². The van der Waals surface area contributed by atoms with E-state index in [1.165, 1.54) is 38.5 Å². The number of hydrogen-bond donors (Lipinski definition) is 0. The lowest BCUT2D eigenvalue weighted by atomic mass is 10.1. The number of allylic oxidation sites excluding steroid dienone is 1. The molecule has 0 heterocycles. The lowest BCUT2D eigenvalue weighted by Gasteiger charge is -2.09. The minimum atomic E-state index is -1.40. The molecule has 0 aliphatic carbocycles. The zero-order valence-electron chi connectivity index (χ0n) is 9.14. The van der Waals surface area contributed by atoms with E-state index < -0.39 is 7.42 Å². The van der Waals surface area contributed by atoms with Crippen LogP contribution in [0.1, 0.15) is 51.9 Å². The third-order valence-electron chi connectivity index (χ3n) is 2.50. The average molecular weight is 253 g/mol. The Morgan fingerprint density at radius 2 is 1.71 bits per heavy atom. The molecule has 1 unspecified atom stereocenters. The van der Waals surface area contributed by atoms with Crippen LogP contribution in [0.3, 0.4) is 0 Å². The molecule has 0 aromatic rings. The molecule has 0 aromatic heterocycles. The zero-order chi connectivity index (χ0) is 10.8. The lowest BCUT2D eigenvalue weighted by molar-refractivity contribution is 0.591. The molecule has 0 amide bonds. The summed E-state index contributed by atoms with van der Waals surface area (Å²) in [4.78, 5) is 0. The van der Waals surface area contributed by atoms with Crippen LogP contribution in [0.4, 0.5) is 0 Å². The van der Waals surface area contributed by atoms with E-state index in [-0.39, 0.29) is 0 Å². The van der Waals surface area contributed by atoms with Crippen LogP contribution in [-0.4, -0.2) is 7.42 Å². The Labute approximate surface area is 99.7 Å². The van der Waals surface area contributed by atoms with Crippen molar-refractivity contribution in [1.82, 2.24) is 0 Å². The minimum absolute atomic E-state index is 0.575. The second-order valence-electron chi connectivity index (χ2n) is 3.95. The van der Waals surface area contributed by atoms with Crippen LogP contribution >= 0.6 is 22.2 Å². The highest BCUT2D eigenvalue weighted by molar-refractivity contribution is 7.34. The van der Waals surface area contributed by atoms with Crippen LogP contribution < -0.4 is 0 Å². The van der Waals surface area contributed by atoms with E-state index >= 15 is 0 Å². The maximum absolute atomic E-state index is 5.90. The first-order valence-electron chi connectivity index (χ1n) is 5.57. The fourth-order valence-electron chi connectivity index (χ4n) is 1.41. The molecule has 0 aromatic carbocycles. The maximum atomic E-state index is 5.90. The van der Waals surface area contributed by atoms with Crippen molar-refractivity contribution >= 4 is 29.6 Å². The number of unbranched alkanes of at least 4 members (excludes halogenated alkanes) is 5. The molecular formula is C11H22Cl2Si. The Bertz CT molecular complexity index is 137. The summed E-state index contributed by atoms with van der Waals surface area (Å²) >= 11 is 11.8. The van der Waals surface area contributed by atoms with Gasteiger partial charge in [-0.25, -0.2) is 0 Å². The monoisotopic (exact) mass is 252 g/mol. The third kappa shape index (κ3) is 9.11. The fraction of sp³-hybridized carbons (Fsp3) is 0.818. The fourth-order valence-corrected chi connectivity index (χ4v) is 2.65.